The Balaban J connectivity index is 2.28. The standard InChI is InChI=1S/C15H14OS/c1-11(15(16)17)12-7-9-14(10-8-12)13-5-3-2-4-6-13/h2-11H,1H3,(H,16,17). The van der Waals surface area contributed by atoms with Gasteiger partial charge in [0.15, 0.2) is 5.12 Å². The van der Waals surface area contributed by atoms with Gasteiger partial charge in [0.05, 0.1) is 5.92 Å². The third-order valence-corrected chi connectivity index (χ3v) is 3.28. The van der Waals surface area contributed by atoms with Crippen LogP contribution in [0.4, 0.5) is 0 Å². The fraction of sp³-hybridized carbons (Fsp3) is 0.133. The Morgan fingerprint density at radius 3 is 2.00 bits per heavy atom. The monoisotopic (exact) mass is 242 g/mol. The van der Waals surface area contributed by atoms with E-state index in [1.165, 1.54) is 5.56 Å². The summed E-state index contributed by atoms with van der Waals surface area (Å²) in [5.74, 6) is -0.150. The van der Waals surface area contributed by atoms with Crippen LogP contribution in [0.2, 0.25) is 0 Å². The number of benzene rings is 2. The molecule has 2 heteroatoms. The van der Waals surface area contributed by atoms with E-state index in [9.17, 15) is 4.79 Å². The molecule has 0 fully saturated rings. The highest BCUT2D eigenvalue weighted by Crippen LogP contribution is 2.23. The van der Waals surface area contributed by atoms with E-state index < -0.39 is 0 Å². The molecule has 0 saturated heterocycles. The van der Waals surface area contributed by atoms with E-state index in [-0.39, 0.29) is 11.0 Å². The Kier molecular flexibility index (Phi) is 3.64. The van der Waals surface area contributed by atoms with E-state index in [0.29, 0.717) is 0 Å². The first-order valence-corrected chi connectivity index (χ1v) is 6.01. The first-order chi connectivity index (χ1) is 8.18. The van der Waals surface area contributed by atoms with Crippen molar-refractivity contribution in [3.8, 4) is 11.1 Å². The molecule has 0 heterocycles. The summed E-state index contributed by atoms with van der Waals surface area (Å²) in [6, 6.07) is 18.2. The molecule has 1 atom stereocenters. The van der Waals surface area contributed by atoms with Crippen LogP contribution >= 0.6 is 12.6 Å². The summed E-state index contributed by atoms with van der Waals surface area (Å²) in [6.07, 6.45) is 0. The molecule has 0 N–H and O–H groups in total. The predicted molar refractivity (Wildman–Crippen MR) is 74.3 cm³/mol. The van der Waals surface area contributed by atoms with Crippen molar-refractivity contribution in [3.05, 3.63) is 60.2 Å². The minimum absolute atomic E-state index is 0.0996. The highest BCUT2D eigenvalue weighted by molar-refractivity contribution is 7.96. The molecular weight excluding hydrogens is 228 g/mol. The second kappa shape index (κ2) is 5.19. The molecule has 0 aromatic heterocycles. The van der Waals surface area contributed by atoms with Crippen LogP contribution < -0.4 is 0 Å². The lowest BCUT2D eigenvalue weighted by molar-refractivity contribution is -0.111. The van der Waals surface area contributed by atoms with Gasteiger partial charge in [-0.2, -0.15) is 0 Å². The zero-order chi connectivity index (χ0) is 12.3. The van der Waals surface area contributed by atoms with E-state index in [1.807, 2.05) is 49.4 Å². The Hall–Kier alpha value is -1.54. The lowest BCUT2D eigenvalue weighted by atomic mass is 9.98. The van der Waals surface area contributed by atoms with Gasteiger partial charge in [-0.05, 0) is 16.7 Å². The normalized spacial score (nSPS) is 12.1. The van der Waals surface area contributed by atoms with Gasteiger partial charge in [0.2, 0.25) is 0 Å². The van der Waals surface area contributed by atoms with Crippen LogP contribution in [0, 0.1) is 0 Å². The van der Waals surface area contributed by atoms with Crippen molar-refractivity contribution in [3.63, 3.8) is 0 Å². The number of hydrogen-bond acceptors (Lipinski definition) is 1. The molecule has 0 aliphatic rings. The molecule has 0 bridgehead atoms. The summed E-state index contributed by atoms with van der Waals surface area (Å²) in [5.41, 5.74) is 3.35. The first-order valence-electron chi connectivity index (χ1n) is 5.56. The lowest BCUT2D eigenvalue weighted by Gasteiger charge is -2.08. The SMILES string of the molecule is CC(C(=O)S)c1ccc(-c2ccccc2)cc1. The van der Waals surface area contributed by atoms with Gasteiger partial charge < -0.3 is 0 Å². The maximum absolute atomic E-state index is 11.2. The van der Waals surface area contributed by atoms with Crippen LogP contribution in [0.5, 0.6) is 0 Å². The van der Waals surface area contributed by atoms with Crippen LogP contribution in [0.1, 0.15) is 18.4 Å². The summed E-state index contributed by atoms with van der Waals surface area (Å²) in [7, 11) is 0. The summed E-state index contributed by atoms with van der Waals surface area (Å²) in [4.78, 5) is 11.2. The largest absolute Gasteiger partial charge is 0.287 e. The molecule has 0 radical (unpaired) electrons. The first kappa shape index (κ1) is 11.9. The molecule has 0 amide bonds. The Morgan fingerprint density at radius 2 is 1.47 bits per heavy atom. The second-order valence-corrected chi connectivity index (χ2v) is 4.49. The van der Waals surface area contributed by atoms with Crippen molar-refractivity contribution in [2.75, 3.05) is 0 Å². The average Bonchev–Trinajstić information content (AvgIpc) is 2.39. The molecule has 0 aliphatic heterocycles. The van der Waals surface area contributed by atoms with Gasteiger partial charge in [-0.1, -0.05) is 61.5 Å². The van der Waals surface area contributed by atoms with Gasteiger partial charge in [-0.15, -0.1) is 12.6 Å². The zero-order valence-electron chi connectivity index (χ0n) is 9.63. The van der Waals surface area contributed by atoms with Crippen LogP contribution in [0.3, 0.4) is 0 Å². The third-order valence-electron chi connectivity index (χ3n) is 2.89. The number of carbonyl (C=O) groups excluding carboxylic acids is 1. The summed E-state index contributed by atoms with van der Waals surface area (Å²) >= 11 is 3.86. The van der Waals surface area contributed by atoms with Gasteiger partial charge in [0.25, 0.3) is 0 Å². The molecule has 1 unspecified atom stereocenters. The minimum atomic E-state index is -0.150. The fourth-order valence-electron chi connectivity index (χ4n) is 1.74. The Bertz CT molecular complexity index is 502. The van der Waals surface area contributed by atoms with E-state index in [0.717, 1.165) is 11.1 Å². The van der Waals surface area contributed by atoms with Crippen molar-refractivity contribution < 1.29 is 4.79 Å². The highest BCUT2D eigenvalue weighted by atomic mass is 32.1. The molecule has 1 nitrogen and oxygen atoms in total. The molecular formula is C15H14OS. The molecule has 17 heavy (non-hydrogen) atoms. The van der Waals surface area contributed by atoms with Crippen molar-refractivity contribution in [2.45, 2.75) is 12.8 Å². The second-order valence-electron chi connectivity index (χ2n) is 4.05. The number of thiol groups is 1. The van der Waals surface area contributed by atoms with Gasteiger partial charge in [-0.3, -0.25) is 4.79 Å². The van der Waals surface area contributed by atoms with Crippen LogP contribution in [-0.2, 0) is 4.79 Å². The van der Waals surface area contributed by atoms with Crippen LogP contribution in [0.25, 0.3) is 11.1 Å². The topological polar surface area (TPSA) is 17.1 Å². The quantitative estimate of drug-likeness (QED) is 0.807. The van der Waals surface area contributed by atoms with E-state index >= 15 is 0 Å². The molecule has 2 aromatic carbocycles. The molecule has 2 rings (SSSR count). The van der Waals surface area contributed by atoms with Crippen molar-refractivity contribution >= 4 is 17.7 Å². The maximum Gasteiger partial charge on any atom is 0.193 e. The van der Waals surface area contributed by atoms with E-state index in [1.54, 1.807) is 0 Å². The molecule has 0 saturated carbocycles. The number of hydrogen-bond donors (Lipinski definition) is 1. The summed E-state index contributed by atoms with van der Waals surface area (Å²) in [5, 5.41) is -0.0996. The predicted octanol–water partition coefficient (Wildman–Crippen LogP) is 3.91. The summed E-state index contributed by atoms with van der Waals surface area (Å²) < 4.78 is 0. The van der Waals surface area contributed by atoms with Crippen molar-refractivity contribution in [1.82, 2.24) is 0 Å². The van der Waals surface area contributed by atoms with Gasteiger partial charge in [0, 0.05) is 0 Å². The fourth-order valence-corrected chi connectivity index (χ4v) is 1.89. The van der Waals surface area contributed by atoms with E-state index in [2.05, 4.69) is 24.8 Å². The molecule has 0 spiro atoms. The zero-order valence-corrected chi connectivity index (χ0v) is 10.5. The highest BCUT2D eigenvalue weighted by Gasteiger charge is 2.10. The smallest absolute Gasteiger partial charge is 0.193 e. The minimum Gasteiger partial charge on any atom is -0.287 e. The lowest BCUT2D eigenvalue weighted by Crippen LogP contribution is -2.01. The van der Waals surface area contributed by atoms with Gasteiger partial charge in [0.1, 0.15) is 0 Å². The van der Waals surface area contributed by atoms with Crippen LogP contribution in [-0.4, -0.2) is 5.12 Å². The third kappa shape index (κ3) is 2.77. The molecule has 2 aromatic rings. The Morgan fingerprint density at radius 1 is 0.941 bits per heavy atom. The maximum atomic E-state index is 11.2. The Labute approximate surface area is 107 Å². The number of carbonyl (C=O) groups is 1. The number of rotatable bonds is 3. The van der Waals surface area contributed by atoms with Gasteiger partial charge in [-0.25, -0.2) is 0 Å². The van der Waals surface area contributed by atoms with Gasteiger partial charge >= 0.3 is 0 Å². The van der Waals surface area contributed by atoms with E-state index in [4.69, 9.17) is 0 Å². The molecule has 0 aliphatic carbocycles. The molecule has 86 valence electrons. The van der Waals surface area contributed by atoms with Crippen molar-refractivity contribution in [1.29, 1.82) is 0 Å². The van der Waals surface area contributed by atoms with Crippen molar-refractivity contribution in [2.24, 2.45) is 0 Å². The average molecular weight is 242 g/mol. The summed E-state index contributed by atoms with van der Waals surface area (Å²) in [6.45, 7) is 1.87. The van der Waals surface area contributed by atoms with Crippen LogP contribution in [0.15, 0.2) is 54.6 Å².